The zero-order valence-electron chi connectivity index (χ0n) is 10.9. The topological polar surface area (TPSA) is 66.5 Å². The Kier molecular flexibility index (Phi) is 2.81. The molecule has 3 rings (SSSR count). The van der Waals surface area contributed by atoms with Crippen LogP contribution in [0.15, 0.2) is 12.1 Å². The summed E-state index contributed by atoms with van der Waals surface area (Å²) < 4.78 is 13.5. The van der Waals surface area contributed by atoms with Crippen LogP contribution in [0.25, 0.3) is 0 Å². The van der Waals surface area contributed by atoms with E-state index in [0.29, 0.717) is 23.1 Å². The van der Waals surface area contributed by atoms with Gasteiger partial charge in [0.25, 0.3) is 5.91 Å². The smallest absolute Gasteiger partial charge is 0.255 e. The molecule has 2 aliphatic heterocycles. The predicted molar refractivity (Wildman–Crippen MR) is 67.2 cm³/mol. The third-order valence-corrected chi connectivity index (χ3v) is 3.94. The Morgan fingerprint density at radius 3 is 2.75 bits per heavy atom. The van der Waals surface area contributed by atoms with Crippen molar-refractivity contribution in [2.75, 3.05) is 0 Å². The molecule has 1 aromatic carbocycles. The highest BCUT2D eigenvalue weighted by Crippen LogP contribution is 2.30. The van der Waals surface area contributed by atoms with E-state index in [1.54, 1.807) is 6.92 Å². The summed E-state index contributed by atoms with van der Waals surface area (Å²) in [6, 6.07) is 2.06. The van der Waals surface area contributed by atoms with Gasteiger partial charge in [0, 0.05) is 18.5 Å². The molecule has 1 fully saturated rings. The normalized spacial score (nSPS) is 22.0. The third-order valence-electron chi connectivity index (χ3n) is 3.94. The van der Waals surface area contributed by atoms with Crippen molar-refractivity contribution in [1.82, 2.24) is 10.2 Å². The van der Waals surface area contributed by atoms with Crippen molar-refractivity contribution in [3.8, 4) is 0 Å². The number of hydrogen-bond acceptors (Lipinski definition) is 3. The lowest BCUT2D eigenvalue weighted by molar-refractivity contribution is -0.136. The van der Waals surface area contributed by atoms with Crippen LogP contribution >= 0.6 is 0 Å². The number of piperidine rings is 1. The standard InChI is InChI=1S/C14H13FN2O3/c1-7-9-6-17(11-4-5-12(18)16-13(11)19)14(20)8(9)2-3-10(7)15/h2-3,11H,4-6H2,1H3,(H,16,18,19). The second-order valence-electron chi connectivity index (χ2n) is 5.10. The highest BCUT2D eigenvalue weighted by atomic mass is 19.1. The largest absolute Gasteiger partial charge is 0.322 e. The fourth-order valence-corrected chi connectivity index (χ4v) is 2.76. The summed E-state index contributed by atoms with van der Waals surface area (Å²) >= 11 is 0. The lowest BCUT2D eigenvalue weighted by atomic mass is 10.0. The molecule has 0 bridgehead atoms. The zero-order chi connectivity index (χ0) is 14.4. The molecule has 5 nitrogen and oxygen atoms in total. The summed E-state index contributed by atoms with van der Waals surface area (Å²) in [5.41, 5.74) is 1.50. The van der Waals surface area contributed by atoms with Crippen LogP contribution in [0.2, 0.25) is 0 Å². The Labute approximate surface area is 114 Å². The van der Waals surface area contributed by atoms with Gasteiger partial charge >= 0.3 is 0 Å². The van der Waals surface area contributed by atoms with E-state index in [0.717, 1.165) is 0 Å². The molecule has 1 N–H and O–H groups in total. The van der Waals surface area contributed by atoms with Gasteiger partial charge in [0.05, 0.1) is 0 Å². The minimum absolute atomic E-state index is 0.212. The van der Waals surface area contributed by atoms with E-state index in [1.165, 1.54) is 17.0 Å². The lowest BCUT2D eigenvalue weighted by Gasteiger charge is -2.29. The van der Waals surface area contributed by atoms with Gasteiger partial charge in [0.2, 0.25) is 11.8 Å². The second kappa shape index (κ2) is 4.40. The number of nitrogens with zero attached hydrogens (tertiary/aromatic N) is 1. The number of benzene rings is 1. The summed E-state index contributed by atoms with van der Waals surface area (Å²) in [7, 11) is 0. The molecule has 1 unspecified atom stereocenters. The van der Waals surface area contributed by atoms with Crippen LogP contribution in [0, 0.1) is 12.7 Å². The van der Waals surface area contributed by atoms with Gasteiger partial charge in [-0.2, -0.15) is 0 Å². The SMILES string of the molecule is Cc1c(F)ccc2c1CN(C1CCC(=O)NC1=O)C2=O. The first-order valence-corrected chi connectivity index (χ1v) is 6.41. The molecule has 1 aromatic rings. The average Bonchev–Trinajstić information content (AvgIpc) is 2.72. The summed E-state index contributed by atoms with van der Waals surface area (Å²) in [5, 5.41) is 2.23. The molecule has 104 valence electrons. The van der Waals surface area contributed by atoms with Crippen molar-refractivity contribution in [3.63, 3.8) is 0 Å². The first-order chi connectivity index (χ1) is 9.49. The van der Waals surface area contributed by atoms with Crippen LogP contribution in [-0.2, 0) is 16.1 Å². The molecule has 0 aliphatic carbocycles. The summed E-state index contributed by atoms with van der Waals surface area (Å²) in [6.07, 6.45) is 0.524. The Morgan fingerprint density at radius 2 is 2.05 bits per heavy atom. The number of imide groups is 1. The van der Waals surface area contributed by atoms with Crippen molar-refractivity contribution in [2.24, 2.45) is 0 Å². The van der Waals surface area contributed by atoms with Crippen LogP contribution in [0.4, 0.5) is 4.39 Å². The summed E-state index contributed by atoms with van der Waals surface area (Å²) in [6.45, 7) is 1.83. The molecule has 2 aliphatic rings. The highest BCUT2D eigenvalue weighted by Gasteiger charge is 2.39. The van der Waals surface area contributed by atoms with Crippen LogP contribution in [-0.4, -0.2) is 28.7 Å². The van der Waals surface area contributed by atoms with E-state index in [4.69, 9.17) is 0 Å². The molecule has 2 heterocycles. The molecule has 0 spiro atoms. The van der Waals surface area contributed by atoms with Gasteiger partial charge in [-0.1, -0.05) is 0 Å². The minimum atomic E-state index is -0.657. The first kappa shape index (κ1) is 12.8. The Balaban J connectivity index is 1.92. The molecule has 0 saturated carbocycles. The summed E-state index contributed by atoms with van der Waals surface area (Å²) in [4.78, 5) is 36.7. The van der Waals surface area contributed by atoms with E-state index >= 15 is 0 Å². The van der Waals surface area contributed by atoms with Gasteiger partial charge in [-0.15, -0.1) is 0 Å². The minimum Gasteiger partial charge on any atom is -0.322 e. The number of hydrogen-bond donors (Lipinski definition) is 1. The van der Waals surface area contributed by atoms with Crippen molar-refractivity contribution in [2.45, 2.75) is 32.4 Å². The Bertz CT molecular complexity index is 642. The maximum absolute atomic E-state index is 13.5. The van der Waals surface area contributed by atoms with E-state index in [-0.39, 0.29) is 30.6 Å². The number of carbonyl (C=O) groups excluding carboxylic acids is 3. The number of halogens is 1. The van der Waals surface area contributed by atoms with Gasteiger partial charge < -0.3 is 4.90 Å². The van der Waals surface area contributed by atoms with Crippen LogP contribution in [0.1, 0.15) is 34.3 Å². The van der Waals surface area contributed by atoms with Crippen molar-refractivity contribution < 1.29 is 18.8 Å². The molecule has 1 atom stereocenters. The number of amides is 3. The number of fused-ring (bicyclic) bond motifs is 1. The maximum atomic E-state index is 13.5. The maximum Gasteiger partial charge on any atom is 0.255 e. The lowest BCUT2D eigenvalue weighted by Crippen LogP contribution is -2.52. The average molecular weight is 276 g/mol. The van der Waals surface area contributed by atoms with Gasteiger partial charge in [0.1, 0.15) is 11.9 Å². The van der Waals surface area contributed by atoms with Crippen LogP contribution in [0.5, 0.6) is 0 Å². The molecular weight excluding hydrogens is 263 g/mol. The molecule has 3 amide bonds. The third kappa shape index (κ3) is 1.79. The van der Waals surface area contributed by atoms with Crippen molar-refractivity contribution >= 4 is 17.7 Å². The van der Waals surface area contributed by atoms with Gasteiger partial charge in [0.15, 0.2) is 0 Å². The summed E-state index contributed by atoms with van der Waals surface area (Å²) in [5.74, 6) is -1.42. The molecule has 6 heteroatoms. The van der Waals surface area contributed by atoms with Crippen molar-refractivity contribution in [1.29, 1.82) is 0 Å². The molecule has 0 radical (unpaired) electrons. The van der Waals surface area contributed by atoms with Gasteiger partial charge in [-0.3, -0.25) is 19.7 Å². The Morgan fingerprint density at radius 1 is 1.30 bits per heavy atom. The fourth-order valence-electron chi connectivity index (χ4n) is 2.76. The molecular formula is C14H13FN2O3. The van der Waals surface area contributed by atoms with Crippen LogP contribution < -0.4 is 5.32 Å². The second-order valence-corrected chi connectivity index (χ2v) is 5.10. The van der Waals surface area contributed by atoms with Crippen LogP contribution in [0.3, 0.4) is 0 Å². The highest BCUT2D eigenvalue weighted by molar-refractivity contribution is 6.05. The number of nitrogens with one attached hydrogen (secondary N) is 1. The monoisotopic (exact) mass is 276 g/mol. The number of rotatable bonds is 1. The van der Waals surface area contributed by atoms with Crippen molar-refractivity contribution in [3.05, 3.63) is 34.6 Å². The predicted octanol–water partition coefficient (Wildman–Crippen LogP) is 0.895. The van der Waals surface area contributed by atoms with E-state index in [9.17, 15) is 18.8 Å². The Hall–Kier alpha value is -2.24. The van der Waals surface area contributed by atoms with Gasteiger partial charge in [-0.05, 0) is 36.6 Å². The molecule has 0 aromatic heterocycles. The molecule has 1 saturated heterocycles. The number of carbonyl (C=O) groups is 3. The van der Waals surface area contributed by atoms with E-state index in [1.807, 2.05) is 0 Å². The van der Waals surface area contributed by atoms with E-state index in [2.05, 4.69) is 5.32 Å². The zero-order valence-corrected chi connectivity index (χ0v) is 10.9. The van der Waals surface area contributed by atoms with E-state index < -0.39 is 11.9 Å². The first-order valence-electron chi connectivity index (χ1n) is 6.41. The fraction of sp³-hybridized carbons (Fsp3) is 0.357. The quantitative estimate of drug-likeness (QED) is 0.775. The molecule has 20 heavy (non-hydrogen) atoms. The van der Waals surface area contributed by atoms with Gasteiger partial charge in [-0.25, -0.2) is 4.39 Å².